The van der Waals surface area contributed by atoms with Gasteiger partial charge in [-0.05, 0) is 25.5 Å². The SMILES string of the molecule is CN(Cc1nc(-c2ccccc2)cs1)[C@H]1CCC(=O)N(Cc2ccccc2)CC1. The molecule has 0 aliphatic carbocycles. The van der Waals surface area contributed by atoms with Crippen LogP contribution in [0.3, 0.4) is 0 Å². The fourth-order valence-corrected chi connectivity index (χ4v) is 4.77. The lowest BCUT2D eigenvalue weighted by Crippen LogP contribution is -2.33. The van der Waals surface area contributed by atoms with Crippen molar-refractivity contribution in [2.45, 2.75) is 38.4 Å². The molecule has 1 atom stereocenters. The van der Waals surface area contributed by atoms with Gasteiger partial charge in [0.15, 0.2) is 0 Å². The molecule has 0 radical (unpaired) electrons. The highest BCUT2D eigenvalue weighted by Crippen LogP contribution is 2.24. The first-order valence-electron chi connectivity index (χ1n) is 10.2. The van der Waals surface area contributed by atoms with Crippen LogP contribution >= 0.6 is 11.3 Å². The number of likely N-dealkylation sites (tertiary alicyclic amines) is 1. The van der Waals surface area contributed by atoms with E-state index in [0.717, 1.165) is 42.2 Å². The van der Waals surface area contributed by atoms with Gasteiger partial charge in [-0.25, -0.2) is 4.98 Å². The third-order valence-electron chi connectivity index (χ3n) is 5.62. The molecule has 1 aliphatic heterocycles. The van der Waals surface area contributed by atoms with Gasteiger partial charge in [0, 0.05) is 36.5 Å². The Morgan fingerprint density at radius 3 is 2.55 bits per heavy atom. The highest BCUT2D eigenvalue weighted by atomic mass is 32.1. The van der Waals surface area contributed by atoms with Crippen LogP contribution in [0.15, 0.2) is 66.0 Å². The zero-order valence-corrected chi connectivity index (χ0v) is 17.6. The van der Waals surface area contributed by atoms with Crippen molar-refractivity contribution in [2.24, 2.45) is 0 Å². The first-order valence-corrected chi connectivity index (χ1v) is 11.1. The molecule has 0 N–H and O–H groups in total. The van der Waals surface area contributed by atoms with Gasteiger partial charge in [0.05, 0.1) is 12.2 Å². The van der Waals surface area contributed by atoms with Gasteiger partial charge in [0.2, 0.25) is 5.91 Å². The predicted molar refractivity (Wildman–Crippen MR) is 119 cm³/mol. The van der Waals surface area contributed by atoms with Gasteiger partial charge >= 0.3 is 0 Å². The molecule has 5 heteroatoms. The van der Waals surface area contributed by atoms with E-state index >= 15 is 0 Å². The van der Waals surface area contributed by atoms with Crippen molar-refractivity contribution in [3.8, 4) is 11.3 Å². The fourth-order valence-electron chi connectivity index (χ4n) is 3.90. The number of hydrogen-bond donors (Lipinski definition) is 0. The zero-order valence-electron chi connectivity index (χ0n) is 16.8. The molecule has 0 spiro atoms. The number of rotatable bonds is 6. The summed E-state index contributed by atoms with van der Waals surface area (Å²) in [5, 5.41) is 3.26. The Balaban J connectivity index is 1.35. The Kier molecular flexibility index (Phi) is 6.37. The molecule has 150 valence electrons. The van der Waals surface area contributed by atoms with Crippen molar-refractivity contribution in [1.29, 1.82) is 0 Å². The van der Waals surface area contributed by atoms with Crippen molar-refractivity contribution >= 4 is 17.2 Å². The molecule has 1 aromatic heterocycles. The van der Waals surface area contributed by atoms with Crippen molar-refractivity contribution in [1.82, 2.24) is 14.8 Å². The van der Waals surface area contributed by atoms with Crippen LogP contribution in [0, 0.1) is 0 Å². The Hall–Kier alpha value is -2.50. The molecule has 0 unspecified atom stereocenters. The van der Waals surface area contributed by atoms with Gasteiger partial charge < -0.3 is 4.90 Å². The highest BCUT2D eigenvalue weighted by molar-refractivity contribution is 7.09. The van der Waals surface area contributed by atoms with E-state index in [1.165, 1.54) is 5.56 Å². The van der Waals surface area contributed by atoms with Crippen LogP contribution in [0.5, 0.6) is 0 Å². The first-order chi connectivity index (χ1) is 14.2. The van der Waals surface area contributed by atoms with Crippen LogP contribution in [-0.4, -0.2) is 40.3 Å². The number of hydrogen-bond acceptors (Lipinski definition) is 4. The van der Waals surface area contributed by atoms with Crippen LogP contribution < -0.4 is 0 Å². The quantitative estimate of drug-likeness (QED) is 0.590. The molecule has 1 saturated heterocycles. The Labute approximate surface area is 176 Å². The van der Waals surface area contributed by atoms with Gasteiger partial charge in [-0.15, -0.1) is 11.3 Å². The summed E-state index contributed by atoms with van der Waals surface area (Å²) >= 11 is 1.71. The molecule has 3 aromatic rings. The largest absolute Gasteiger partial charge is 0.338 e. The number of aromatic nitrogens is 1. The van der Waals surface area contributed by atoms with Crippen molar-refractivity contribution in [3.05, 3.63) is 76.6 Å². The van der Waals surface area contributed by atoms with E-state index in [4.69, 9.17) is 4.98 Å². The average molecular weight is 406 g/mol. The van der Waals surface area contributed by atoms with Crippen LogP contribution in [0.1, 0.15) is 29.8 Å². The normalized spacial score (nSPS) is 17.5. The monoisotopic (exact) mass is 405 g/mol. The summed E-state index contributed by atoms with van der Waals surface area (Å²) < 4.78 is 0. The van der Waals surface area contributed by atoms with Gasteiger partial charge in [0.1, 0.15) is 5.01 Å². The lowest BCUT2D eigenvalue weighted by molar-refractivity contribution is -0.131. The minimum Gasteiger partial charge on any atom is -0.338 e. The van der Waals surface area contributed by atoms with Crippen molar-refractivity contribution in [3.63, 3.8) is 0 Å². The summed E-state index contributed by atoms with van der Waals surface area (Å²) in [6.07, 6.45) is 2.54. The maximum atomic E-state index is 12.6. The second kappa shape index (κ2) is 9.33. The summed E-state index contributed by atoms with van der Waals surface area (Å²) in [6.45, 7) is 2.36. The molecular weight excluding hydrogens is 378 g/mol. The molecule has 2 heterocycles. The minimum absolute atomic E-state index is 0.269. The Bertz CT molecular complexity index is 926. The molecule has 1 amide bonds. The smallest absolute Gasteiger partial charge is 0.222 e. The fraction of sp³-hybridized carbons (Fsp3) is 0.333. The van der Waals surface area contributed by atoms with Gasteiger partial charge in [-0.2, -0.15) is 0 Å². The second-order valence-corrected chi connectivity index (χ2v) is 8.63. The van der Waals surface area contributed by atoms with Crippen LogP contribution in [-0.2, 0) is 17.9 Å². The van der Waals surface area contributed by atoms with Gasteiger partial charge in [0.25, 0.3) is 0 Å². The van der Waals surface area contributed by atoms with E-state index in [1.54, 1.807) is 11.3 Å². The summed E-state index contributed by atoms with van der Waals surface area (Å²) in [5.74, 6) is 0.269. The lowest BCUT2D eigenvalue weighted by Gasteiger charge is -2.26. The molecule has 29 heavy (non-hydrogen) atoms. The summed E-state index contributed by atoms with van der Waals surface area (Å²) in [5.41, 5.74) is 3.40. The van der Waals surface area contributed by atoms with Gasteiger partial charge in [-0.1, -0.05) is 60.7 Å². The summed E-state index contributed by atoms with van der Waals surface area (Å²) in [6, 6.07) is 21.0. The van der Waals surface area contributed by atoms with Crippen molar-refractivity contribution < 1.29 is 4.79 Å². The lowest BCUT2D eigenvalue weighted by atomic mass is 10.1. The van der Waals surface area contributed by atoms with Crippen LogP contribution in [0.25, 0.3) is 11.3 Å². The van der Waals surface area contributed by atoms with E-state index in [-0.39, 0.29) is 5.91 Å². The molecule has 2 aromatic carbocycles. The van der Waals surface area contributed by atoms with Crippen LogP contribution in [0.4, 0.5) is 0 Å². The Morgan fingerprint density at radius 1 is 1.07 bits per heavy atom. The minimum atomic E-state index is 0.269. The van der Waals surface area contributed by atoms with Gasteiger partial charge in [-0.3, -0.25) is 9.69 Å². The number of thiazole rings is 1. The topological polar surface area (TPSA) is 36.4 Å². The average Bonchev–Trinajstić information content (AvgIpc) is 3.14. The molecule has 4 rings (SSSR count). The predicted octanol–water partition coefficient (Wildman–Crippen LogP) is 4.82. The molecule has 1 fully saturated rings. The standard InChI is InChI=1S/C24H27N3OS/c1-26(17-23-25-22(18-29-23)20-10-6-3-7-11-20)21-12-13-24(28)27(15-14-21)16-19-8-4-2-5-9-19/h2-11,18,21H,12-17H2,1H3/t21-/m0/s1. The second-order valence-electron chi connectivity index (χ2n) is 7.69. The van der Waals surface area contributed by atoms with Crippen LogP contribution in [0.2, 0.25) is 0 Å². The zero-order chi connectivity index (χ0) is 20.1. The molecule has 0 bridgehead atoms. The first kappa shape index (κ1) is 19.8. The summed E-state index contributed by atoms with van der Waals surface area (Å²) in [7, 11) is 2.16. The molecule has 4 nitrogen and oxygen atoms in total. The number of carbonyl (C=O) groups excluding carboxylic acids is 1. The number of carbonyl (C=O) groups is 1. The van der Waals surface area contributed by atoms with E-state index in [1.807, 2.05) is 41.3 Å². The van der Waals surface area contributed by atoms with E-state index in [0.29, 0.717) is 19.0 Å². The third-order valence-corrected chi connectivity index (χ3v) is 6.46. The van der Waals surface area contributed by atoms with E-state index in [2.05, 4.69) is 41.6 Å². The Morgan fingerprint density at radius 2 is 1.79 bits per heavy atom. The molecular formula is C24H27N3OS. The molecule has 1 aliphatic rings. The number of benzene rings is 2. The number of nitrogens with zero attached hydrogens (tertiary/aromatic N) is 3. The number of amides is 1. The maximum Gasteiger partial charge on any atom is 0.222 e. The van der Waals surface area contributed by atoms with E-state index < -0.39 is 0 Å². The molecule has 0 saturated carbocycles. The third kappa shape index (κ3) is 5.11. The summed E-state index contributed by atoms with van der Waals surface area (Å²) in [4.78, 5) is 21.8. The highest BCUT2D eigenvalue weighted by Gasteiger charge is 2.25. The van der Waals surface area contributed by atoms with Crippen molar-refractivity contribution in [2.75, 3.05) is 13.6 Å². The van der Waals surface area contributed by atoms with E-state index in [9.17, 15) is 4.79 Å². The maximum absolute atomic E-state index is 12.6.